The number of hydrogen-bond acceptors (Lipinski definition) is 4. The molecule has 0 spiro atoms. The summed E-state index contributed by atoms with van der Waals surface area (Å²) in [7, 11) is 0. The molecule has 2 aromatic carbocycles. The van der Waals surface area contributed by atoms with Crippen LogP contribution >= 0.6 is 0 Å². The van der Waals surface area contributed by atoms with Crippen LogP contribution in [-0.4, -0.2) is 49.6 Å². The zero-order valence-electron chi connectivity index (χ0n) is 17.9. The van der Waals surface area contributed by atoms with Gasteiger partial charge in [0.25, 0.3) is 5.91 Å². The summed E-state index contributed by atoms with van der Waals surface area (Å²) in [5, 5.41) is 3.06. The van der Waals surface area contributed by atoms with Gasteiger partial charge in [0.15, 0.2) is 6.10 Å². The first kappa shape index (κ1) is 20.3. The lowest BCUT2D eigenvalue weighted by molar-refractivity contribution is -0.123. The standard InChI is InChI=1S/C25H30FN3O2/c26-20-7-3-8-21(17-20)29-13-11-28(12-14-29)10-4-9-23-25(30)27-22-15-18-5-1-2-6-19(18)16-24(22)31-23/h3,7-8,15-17,23H,1-2,4-6,9-14H2,(H,27,30). The quantitative estimate of drug-likeness (QED) is 0.789. The molecular weight excluding hydrogens is 393 g/mol. The van der Waals surface area contributed by atoms with E-state index in [-0.39, 0.29) is 11.7 Å². The maximum absolute atomic E-state index is 13.5. The van der Waals surface area contributed by atoms with Crippen LogP contribution in [0.5, 0.6) is 5.75 Å². The average Bonchev–Trinajstić information content (AvgIpc) is 2.78. The molecule has 5 rings (SSSR count). The maximum Gasteiger partial charge on any atom is 0.265 e. The first-order valence-electron chi connectivity index (χ1n) is 11.5. The number of carbonyl (C=O) groups excluding carboxylic acids is 1. The van der Waals surface area contributed by atoms with Crippen molar-refractivity contribution in [2.75, 3.05) is 42.9 Å². The predicted molar refractivity (Wildman–Crippen MR) is 120 cm³/mol. The third-order valence-electron chi connectivity index (χ3n) is 6.75. The minimum Gasteiger partial charge on any atom is -0.478 e. The van der Waals surface area contributed by atoms with Crippen molar-refractivity contribution in [2.45, 2.75) is 44.6 Å². The summed E-state index contributed by atoms with van der Waals surface area (Å²) >= 11 is 0. The normalized spacial score (nSPS) is 21.1. The van der Waals surface area contributed by atoms with Crippen LogP contribution in [0.3, 0.4) is 0 Å². The lowest BCUT2D eigenvalue weighted by Crippen LogP contribution is -2.47. The fourth-order valence-electron chi connectivity index (χ4n) is 4.97. The largest absolute Gasteiger partial charge is 0.478 e. The van der Waals surface area contributed by atoms with E-state index < -0.39 is 6.10 Å². The number of fused-ring (bicyclic) bond motifs is 2. The number of halogens is 1. The average molecular weight is 424 g/mol. The fraction of sp³-hybridized carbons (Fsp3) is 0.480. The van der Waals surface area contributed by atoms with Crippen LogP contribution in [-0.2, 0) is 17.6 Å². The van der Waals surface area contributed by atoms with Crippen molar-refractivity contribution < 1.29 is 13.9 Å². The molecule has 1 atom stereocenters. The molecule has 1 saturated heterocycles. The molecule has 1 unspecified atom stereocenters. The molecule has 2 aliphatic heterocycles. The monoisotopic (exact) mass is 423 g/mol. The molecule has 1 fully saturated rings. The van der Waals surface area contributed by atoms with Gasteiger partial charge < -0.3 is 15.0 Å². The molecule has 3 aliphatic rings. The molecule has 2 heterocycles. The summed E-state index contributed by atoms with van der Waals surface area (Å²) in [6.07, 6.45) is 5.86. The highest BCUT2D eigenvalue weighted by Crippen LogP contribution is 2.36. The van der Waals surface area contributed by atoms with Gasteiger partial charge in [0.2, 0.25) is 0 Å². The Morgan fingerprint density at radius 1 is 1.03 bits per heavy atom. The summed E-state index contributed by atoms with van der Waals surface area (Å²) in [4.78, 5) is 17.2. The SMILES string of the molecule is O=C1Nc2cc3c(cc2OC1CCCN1CCN(c2cccc(F)c2)CC1)CCCC3. The molecule has 164 valence electrons. The Hall–Kier alpha value is -2.60. The number of nitrogens with zero attached hydrogens (tertiary/aromatic N) is 2. The highest BCUT2D eigenvalue weighted by molar-refractivity contribution is 5.97. The number of piperazine rings is 1. The van der Waals surface area contributed by atoms with E-state index in [4.69, 9.17) is 4.74 Å². The fourth-order valence-corrected chi connectivity index (χ4v) is 4.97. The molecular formula is C25H30FN3O2. The van der Waals surface area contributed by atoms with Gasteiger partial charge >= 0.3 is 0 Å². The molecule has 0 radical (unpaired) electrons. The zero-order chi connectivity index (χ0) is 21.2. The number of ether oxygens (including phenoxy) is 1. The smallest absolute Gasteiger partial charge is 0.265 e. The second-order valence-corrected chi connectivity index (χ2v) is 8.87. The van der Waals surface area contributed by atoms with Gasteiger partial charge in [-0.25, -0.2) is 4.39 Å². The zero-order valence-corrected chi connectivity index (χ0v) is 17.9. The molecule has 2 aromatic rings. The van der Waals surface area contributed by atoms with E-state index in [0.717, 1.165) is 69.1 Å². The Kier molecular flexibility index (Phi) is 5.81. The van der Waals surface area contributed by atoms with Crippen LogP contribution in [0.25, 0.3) is 0 Å². The first-order chi connectivity index (χ1) is 15.2. The minimum atomic E-state index is -0.414. The molecule has 5 nitrogen and oxygen atoms in total. The van der Waals surface area contributed by atoms with Crippen molar-refractivity contribution in [1.82, 2.24) is 4.90 Å². The second-order valence-electron chi connectivity index (χ2n) is 8.87. The summed E-state index contributed by atoms with van der Waals surface area (Å²) < 4.78 is 19.6. The molecule has 0 aromatic heterocycles. The number of nitrogens with one attached hydrogen (secondary N) is 1. The van der Waals surface area contributed by atoms with Gasteiger partial charge in [0, 0.05) is 31.9 Å². The topological polar surface area (TPSA) is 44.8 Å². The summed E-state index contributed by atoms with van der Waals surface area (Å²) in [5.41, 5.74) is 4.50. The van der Waals surface area contributed by atoms with Crippen molar-refractivity contribution >= 4 is 17.3 Å². The number of benzene rings is 2. The lowest BCUT2D eigenvalue weighted by atomic mass is 9.90. The molecule has 31 heavy (non-hydrogen) atoms. The van der Waals surface area contributed by atoms with E-state index in [0.29, 0.717) is 6.42 Å². The van der Waals surface area contributed by atoms with Gasteiger partial charge in [-0.1, -0.05) is 6.07 Å². The molecule has 6 heteroatoms. The maximum atomic E-state index is 13.5. The Morgan fingerprint density at radius 3 is 2.58 bits per heavy atom. The molecule has 1 N–H and O–H groups in total. The van der Waals surface area contributed by atoms with E-state index in [1.54, 1.807) is 12.1 Å². The van der Waals surface area contributed by atoms with Gasteiger partial charge in [-0.2, -0.15) is 0 Å². The Morgan fingerprint density at radius 2 is 1.81 bits per heavy atom. The Labute approximate surface area is 183 Å². The number of rotatable bonds is 5. The van der Waals surface area contributed by atoms with Crippen LogP contribution < -0.4 is 15.0 Å². The van der Waals surface area contributed by atoms with Gasteiger partial charge in [-0.05, 0) is 86.5 Å². The molecule has 1 aliphatic carbocycles. The highest BCUT2D eigenvalue weighted by Gasteiger charge is 2.29. The van der Waals surface area contributed by atoms with Crippen molar-refractivity contribution in [3.63, 3.8) is 0 Å². The van der Waals surface area contributed by atoms with Crippen LogP contribution in [0.15, 0.2) is 36.4 Å². The van der Waals surface area contributed by atoms with E-state index >= 15 is 0 Å². The van der Waals surface area contributed by atoms with Crippen LogP contribution in [0.1, 0.15) is 36.8 Å². The lowest BCUT2D eigenvalue weighted by Gasteiger charge is -2.36. The molecule has 1 amide bonds. The van der Waals surface area contributed by atoms with Crippen molar-refractivity contribution in [3.8, 4) is 5.75 Å². The van der Waals surface area contributed by atoms with E-state index in [1.165, 1.54) is 30.0 Å². The third kappa shape index (κ3) is 4.54. The van der Waals surface area contributed by atoms with Crippen molar-refractivity contribution in [2.24, 2.45) is 0 Å². The van der Waals surface area contributed by atoms with Crippen LogP contribution in [0.2, 0.25) is 0 Å². The minimum absolute atomic E-state index is 0.0285. The Bertz CT molecular complexity index is 956. The van der Waals surface area contributed by atoms with E-state index in [2.05, 4.69) is 27.2 Å². The van der Waals surface area contributed by atoms with Gasteiger partial charge in [0.1, 0.15) is 11.6 Å². The van der Waals surface area contributed by atoms with Gasteiger partial charge in [-0.3, -0.25) is 9.69 Å². The second kappa shape index (κ2) is 8.87. The number of aryl methyl sites for hydroxylation is 2. The first-order valence-corrected chi connectivity index (χ1v) is 11.5. The van der Waals surface area contributed by atoms with Gasteiger partial charge in [0.05, 0.1) is 5.69 Å². The summed E-state index contributed by atoms with van der Waals surface area (Å²) in [6.45, 7) is 4.62. The van der Waals surface area contributed by atoms with E-state index in [1.807, 2.05) is 6.07 Å². The van der Waals surface area contributed by atoms with Crippen molar-refractivity contribution in [1.29, 1.82) is 0 Å². The molecule has 0 saturated carbocycles. The predicted octanol–water partition coefficient (Wildman–Crippen LogP) is 4.01. The number of amides is 1. The Balaban J connectivity index is 1.11. The number of anilines is 2. The van der Waals surface area contributed by atoms with Crippen LogP contribution in [0.4, 0.5) is 15.8 Å². The van der Waals surface area contributed by atoms with E-state index in [9.17, 15) is 9.18 Å². The molecule has 0 bridgehead atoms. The van der Waals surface area contributed by atoms with Crippen molar-refractivity contribution in [3.05, 3.63) is 53.3 Å². The highest BCUT2D eigenvalue weighted by atomic mass is 19.1. The summed E-state index contributed by atoms with van der Waals surface area (Å²) in [6, 6.07) is 11.1. The number of hydrogen-bond donors (Lipinski definition) is 1. The number of carbonyl (C=O) groups is 1. The van der Waals surface area contributed by atoms with Crippen LogP contribution in [0, 0.1) is 5.82 Å². The summed E-state index contributed by atoms with van der Waals surface area (Å²) in [5.74, 6) is 0.612. The third-order valence-corrected chi connectivity index (χ3v) is 6.75. The van der Waals surface area contributed by atoms with Gasteiger partial charge in [-0.15, -0.1) is 0 Å².